The Bertz CT molecular complexity index is 1260. The summed E-state index contributed by atoms with van der Waals surface area (Å²) >= 11 is 0. The van der Waals surface area contributed by atoms with Gasteiger partial charge in [0.1, 0.15) is 17.9 Å². The van der Waals surface area contributed by atoms with Crippen molar-refractivity contribution in [3.63, 3.8) is 0 Å². The van der Waals surface area contributed by atoms with Gasteiger partial charge in [0.05, 0.1) is 24.3 Å². The molecular weight excluding hydrogens is 502 g/mol. The Morgan fingerprint density at radius 1 is 1.28 bits per heavy atom. The molecule has 6 rings (SSSR count). The first-order chi connectivity index (χ1) is 18.5. The number of urea groups is 1. The molecule has 1 aliphatic carbocycles. The van der Waals surface area contributed by atoms with Crippen LogP contribution in [0.2, 0.25) is 0 Å². The van der Waals surface area contributed by atoms with Crippen molar-refractivity contribution in [2.24, 2.45) is 21.5 Å². The standard InChI is InChI=1S/C26H37N9O4/c1-25(2)9-10-39-18-14(5-4-6-15(18)25)21(37)30-17-12-35-23(28)31-16(11-29-24(38)34(3)13-7-8-13)19-26(35,20(17)36)33-22(27)32-19/h4-6,13,16-17,19-20,36H,7-12H2,1-3H3,(H2,28,31)(H,29,38)(H,30,37)(H3,27,32,33)/t16-,17?,19?,20+,26?/m0/s1. The number of nitrogens with zero attached hydrogens (tertiary/aromatic N) is 4. The van der Waals surface area contributed by atoms with E-state index in [0.29, 0.717) is 17.9 Å². The maximum atomic E-state index is 13.5. The van der Waals surface area contributed by atoms with Gasteiger partial charge >= 0.3 is 6.03 Å². The summed E-state index contributed by atoms with van der Waals surface area (Å²) in [5.41, 5.74) is 12.6. The maximum absolute atomic E-state index is 13.5. The van der Waals surface area contributed by atoms with Gasteiger partial charge in [-0.2, -0.15) is 0 Å². The molecule has 1 spiro atoms. The third-order valence-electron chi connectivity index (χ3n) is 8.81. The number of carbonyl (C=O) groups excluding carboxylic acids is 2. The topological polar surface area (TPSA) is 183 Å². The molecule has 13 heteroatoms. The van der Waals surface area contributed by atoms with Crippen LogP contribution in [0, 0.1) is 0 Å². The van der Waals surface area contributed by atoms with E-state index in [-0.39, 0.29) is 48.4 Å². The lowest BCUT2D eigenvalue weighted by Crippen LogP contribution is -2.73. The van der Waals surface area contributed by atoms with Crippen LogP contribution in [0.15, 0.2) is 28.2 Å². The molecule has 210 valence electrons. The Balaban J connectivity index is 1.22. The maximum Gasteiger partial charge on any atom is 0.317 e. The van der Waals surface area contributed by atoms with Crippen LogP contribution in [-0.2, 0) is 5.41 Å². The van der Waals surface area contributed by atoms with Crippen molar-refractivity contribution in [1.29, 1.82) is 0 Å². The van der Waals surface area contributed by atoms with Crippen LogP contribution in [0.1, 0.15) is 49.0 Å². The molecule has 39 heavy (non-hydrogen) atoms. The summed E-state index contributed by atoms with van der Waals surface area (Å²) in [6.07, 6.45) is 1.72. The predicted molar refractivity (Wildman–Crippen MR) is 144 cm³/mol. The summed E-state index contributed by atoms with van der Waals surface area (Å²) in [5, 5.41) is 20.7. The average Bonchev–Trinajstić information content (AvgIpc) is 3.63. The number of hydrogen-bond donors (Lipinski definition) is 6. The van der Waals surface area contributed by atoms with Gasteiger partial charge in [-0.25, -0.2) is 14.8 Å². The third kappa shape index (κ3) is 4.01. The normalized spacial score (nSPS) is 31.9. The predicted octanol–water partition coefficient (Wildman–Crippen LogP) is -0.995. The van der Waals surface area contributed by atoms with Crippen molar-refractivity contribution in [3.05, 3.63) is 29.3 Å². The first-order valence-corrected chi connectivity index (χ1v) is 13.5. The van der Waals surface area contributed by atoms with Crippen LogP contribution in [0.4, 0.5) is 4.79 Å². The van der Waals surface area contributed by atoms with Crippen molar-refractivity contribution in [1.82, 2.24) is 25.8 Å². The van der Waals surface area contributed by atoms with Crippen molar-refractivity contribution in [3.8, 4) is 5.75 Å². The van der Waals surface area contributed by atoms with E-state index < -0.39 is 29.9 Å². The zero-order valence-electron chi connectivity index (χ0n) is 22.5. The highest BCUT2D eigenvalue weighted by molar-refractivity contribution is 5.98. The van der Waals surface area contributed by atoms with Gasteiger partial charge in [-0.05, 0) is 30.7 Å². The molecule has 0 aromatic heterocycles. The number of aliphatic hydroxyl groups excluding tert-OH is 1. The summed E-state index contributed by atoms with van der Waals surface area (Å²) < 4.78 is 5.93. The first-order valence-electron chi connectivity index (χ1n) is 13.5. The number of ether oxygens (including phenoxy) is 1. The molecule has 13 nitrogen and oxygen atoms in total. The van der Waals surface area contributed by atoms with Gasteiger partial charge < -0.3 is 47.1 Å². The SMILES string of the molecule is CN(C(=O)NC[C@@H]1N=C(N)N2CC(NC(=O)c3cccc4c3OCCC4(C)C)[C@@H](O)C23NC(N)=NC13)C1CC1. The Morgan fingerprint density at radius 2 is 2.05 bits per heavy atom. The molecule has 0 bridgehead atoms. The van der Waals surface area contributed by atoms with Crippen LogP contribution < -0.4 is 32.2 Å². The highest BCUT2D eigenvalue weighted by Crippen LogP contribution is 2.42. The number of aliphatic imine (C=N–C) groups is 2. The van der Waals surface area contributed by atoms with Gasteiger partial charge in [-0.3, -0.25) is 4.79 Å². The molecule has 3 unspecified atom stereocenters. The molecule has 5 atom stereocenters. The molecule has 4 heterocycles. The number of guanidine groups is 2. The Kier molecular flexibility index (Phi) is 5.83. The number of amides is 3. The minimum atomic E-state index is -1.21. The minimum Gasteiger partial charge on any atom is -0.492 e. The molecule has 8 N–H and O–H groups in total. The van der Waals surface area contributed by atoms with Crippen LogP contribution in [0.3, 0.4) is 0 Å². The second kappa shape index (κ2) is 8.90. The second-order valence-electron chi connectivity index (χ2n) is 11.8. The average molecular weight is 540 g/mol. The molecule has 1 saturated heterocycles. The summed E-state index contributed by atoms with van der Waals surface area (Å²) in [4.78, 5) is 38.7. The second-order valence-corrected chi connectivity index (χ2v) is 11.8. The number of nitrogens with two attached hydrogens (primary N) is 2. The van der Waals surface area contributed by atoms with Crippen LogP contribution in [0.5, 0.6) is 5.75 Å². The van der Waals surface area contributed by atoms with Crippen molar-refractivity contribution in [2.75, 3.05) is 26.7 Å². The third-order valence-corrected chi connectivity index (χ3v) is 8.81. The number of nitrogens with one attached hydrogen (secondary N) is 3. The highest BCUT2D eigenvalue weighted by atomic mass is 16.5. The Hall–Kier alpha value is -3.74. The number of rotatable bonds is 5. The van der Waals surface area contributed by atoms with Gasteiger partial charge in [-0.1, -0.05) is 26.0 Å². The summed E-state index contributed by atoms with van der Waals surface area (Å²) in [6, 6.07) is 3.73. The fourth-order valence-corrected chi connectivity index (χ4v) is 6.34. The van der Waals surface area contributed by atoms with E-state index in [1.54, 1.807) is 22.9 Å². The van der Waals surface area contributed by atoms with Crippen LogP contribution >= 0.6 is 0 Å². The molecule has 1 aromatic rings. The molecule has 3 amide bonds. The minimum absolute atomic E-state index is 0.116. The van der Waals surface area contributed by atoms with Gasteiger partial charge in [0.15, 0.2) is 17.6 Å². The molecule has 5 aliphatic rings. The van der Waals surface area contributed by atoms with E-state index in [0.717, 1.165) is 24.8 Å². The largest absolute Gasteiger partial charge is 0.492 e. The van der Waals surface area contributed by atoms with Crippen molar-refractivity contribution >= 4 is 23.9 Å². The van der Waals surface area contributed by atoms with Crippen molar-refractivity contribution in [2.45, 2.75) is 74.5 Å². The number of aliphatic hydroxyl groups is 1. The number of hydrogen-bond acceptors (Lipinski definition) is 10. The molecule has 0 radical (unpaired) electrons. The fraction of sp³-hybridized carbons (Fsp3) is 0.615. The number of carbonyl (C=O) groups is 2. The van der Waals surface area contributed by atoms with E-state index in [1.807, 2.05) is 12.1 Å². The summed E-state index contributed by atoms with van der Waals surface area (Å²) in [7, 11) is 1.77. The molecule has 1 aromatic carbocycles. The van der Waals surface area contributed by atoms with Crippen molar-refractivity contribution < 1.29 is 19.4 Å². The van der Waals surface area contributed by atoms with Crippen LogP contribution in [0.25, 0.3) is 0 Å². The molecular formula is C26H37N9O4. The summed E-state index contributed by atoms with van der Waals surface area (Å²) in [5.74, 6) is 0.541. The van der Waals surface area contributed by atoms with E-state index >= 15 is 0 Å². The number of benzene rings is 1. The number of para-hydroxylation sites is 1. The van der Waals surface area contributed by atoms with Gasteiger partial charge in [0, 0.05) is 31.7 Å². The fourth-order valence-electron chi connectivity index (χ4n) is 6.34. The van der Waals surface area contributed by atoms with Crippen LogP contribution in [-0.4, -0.2) is 101 Å². The lowest BCUT2D eigenvalue weighted by molar-refractivity contribution is 0.0145. The lowest BCUT2D eigenvalue weighted by Gasteiger charge is -2.46. The quantitative estimate of drug-likeness (QED) is 0.275. The Labute approximate surface area is 227 Å². The Morgan fingerprint density at radius 3 is 2.79 bits per heavy atom. The monoisotopic (exact) mass is 539 g/mol. The number of fused-ring (bicyclic) bond motifs is 1. The van der Waals surface area contributed by atoms with E-state index in [4.69, 9.17) is 16.2 Å². The van der Waals surface area contributed by atoms with Gasteiger partial charge in [0.2, 0.25) is 0 Å². The van der Waals surface area contributed by atoms with E-state index in [1.165, 1.54) is 0 Å². The lowest BCUT2D eigenvalue weighted by atomic mass is 9.79. The zero-order chi connectivity index (χ0) is 27.7. The highest BCUT2D eigenvalue weighted by Gasteiger charge is 2.65. The van der Waals surface area contributed by atoms with E-state index in [9.17, 15) is 14.7 Å². The summed E-state index contributed by atoms with van der Waals surface area (Å²) in [6.45, 7) is 5.16. The van der Waals surface area contributed by atoms with Gasteiger partial charge in [0.25, 0.3) is 5.91 Å². The first kappa shape index (κ1) is 25.5. The molecule has 4 aliphatic heterocycles. The molecule has 2 fully saturated rings. The van der Waals surface area contributed by atoms with E-state index in [2.05, 4.69) is 39.8 Å². The zero-order valence-corrected chi connectivity index (χ0v) is 22.5. The van der Waals surface area contributed by atoms with Gasteiger partial charge in [-0.15, -0.1) is 0 Å². The smallest absolute Gasteiger partial charge is 0.317 e. The molecule has 1 saturated carbocycles.